The van der Waals surface area contributed by atoms with Crippen molar-refractivity contribution in [3.8, 4) is 0 Å². The Hall–Kier alpha value is -1.52. The second-order valence-electron chi connectivity index (χ2n) is 4.24. The Morgan fingerprint density at radius 1 is 1.26 bits per heavy atom. The number of thioether (sulfide) groups is 1. The zero-order chi connectivity index (χ0) is 13.5. The monoisotopic (exact) mass is 273 g/mol. The lowest BCUT2D eigenvalue weighted by atomic mass is 10.1. The predicted molar refractivity (Wildman–Crippen MR) is 82.2 cm³/mol. The average molecular weight is 273 g/mol. The third-order valence-electron chi connectivity index (χ3n) is 2.87. The molecule has 0 fully saturated rings. The van der Waals surface area contributed by atoms with Gasteiger partial charge in [-0.3, -0.25) is 4.98 Å². The number of nitrogen functional groups attached to an aromatic ring is 1. The summed E-state index contributed by atoms with van der Waals surface area (Å²) in [5, 5.41) is 3.47. The van der Waals surface area contributed by atoms with Crippen LogP contribution >= 0.6 is 11.8 Å². The van der Waals surface area contributed by atoms with E-state index in [-0.39, 0.29) is 6.04 Å². The van der Waals surface area contributed by atoms with E-state index in [1.807, 2.05) is 30.1 Å². The van der Waals surface area contributed by atoms with Gasteiger partial charge in [-0.05, 0) is 24.7 Å². The van der Waals surface area contributed by atoms with E-state index >= 15 is 0 Å². The van der Waals surface area contributed by atoms with E-state index in [0.29, 0.717) is 0 Å². The first-order valence-electron chi connectivity index (χ1n) is 6.42. The van der Waals surface area contributed by atoms with Crippen LogP contribution in [0.3, 0.4) is 0 Å². The van der Waals surface area contributed by atoms with Gasteiger partial charge in [-0.15, -0.1) is 11.8 Å². The largest absolute Gasteiger partial charge is 0.398 e. The van der Waals surface area contributed by atoms with Gasteiger partial charge in [-0.25, -0.2) is 0 Å². The molecule has 0 aliphatic carbocycles. The summed E-state index contributed by atoms with van der Waals surface area (Å²) < 4.78 is 0. The minimum absolute atomic E-state index is 0.226. The maximum atomic E-state index is 6.03. The Morgan fingerprint density at radius 2 is 2.05 bits per heavy atom. The van der Waals surface area contributed by atoms with Gasteiger partial charge in [0, 0.05) is 40.3 Å². The van der Waals surface area contributed by atoms with Crippen LogP contribution in [0.25, 0.3) is 0 Å². The smallest absolute Gasteiger partial charge is 0.0451 e. The minimum atomic E-state index is 0.226. The minimum Gasteiger partial charge on any atom is -0.398 e. The van der Waals surface area contributed by atoms with Gasteiger partial charge in [-0.2, -0.15) is 0 Å². The van der Waals surface area contributed by atoms with Crippen molar-refractivity contribution in [3.63, 3.8) is 0 Å². The zero-order valence-electron chi connectivity index (χ0n) is 11.0. The van der Waals surface area contributed by atoms with E-state index in [4.69, 9.17) is 5.73 Å². The third-order valence-corrected chi connectivity index (χ3v) is 3.98. The molecular weight excluding hydrogens is 254 g/mol. The van der Waals surface area contributed by atoms with E-state index in [2.05, 4.69) is 41.5 Å². The number of nitrogens with one attached hydrogen (secondary N) is 1. The fraction of sp³-hybridized carbons (Fsp3) is 0.267. The molecule has 3 nitrogen and oxygen atoms in total. The number of hydrogen-bond acceptors (Lipinski definition) is 4. The van der Waals surface area contributed by atoms with Crippen LogP contribution < -0.4 is 11.1 Å². The standard InChI is InChI=1S/C15H19N3S/c1-2-18-15(13-10-17-9-8-14(13)16)11-19-12-6-4-3-5-7-12/h3-10,15,18H,2,11H2,1H3,(H2,16,17). The van der Waals surface area contributed by atoms with Crippen LogP contribution in [0.4, 0.5) is 5.69 Å². The Morgan fingerprint density at radius 3 is 2.74 bits per heavy atom. The number of rotatable bonds is 6. The van der Waals surface area contributed by atoms with Crippen LogP contribution in [0, 0.1) is 0 Å². The van der Waals surface area contributed by atoms with Crippen molar-refractivity contribution >= 4 is 17.4 Å². The second kappa shape index (κ2) is 7.16. The molecule has 1 atom stereocenters. The van der Waals surface area contributed by atoms with Crippen molar-refractivity contribution in [1.29, 1.82) is 0 Å². The molecule has 0 bridgehead atoms. The number of aromatic nitrogens is 1. The Labute approximate surface area is 118 Å². The quantitative estimate of drug-likeness (QED) is 0.794. The summed E-state index contributed by atoms with van der Waals surface area (Å²) in [5.74, 6) is 0.938. The Balaban J connectivity index is 2.07. The normalized spacial score (nSPS) is 12.3. The van der Waals surface area contributed by atoms with Crippen molar-refractivity contribution in [2.45, 2.75) is 17.9 Å². The number of nitrogens with zero attached hydrogens (tertiary/aromatic N) is 1. The van der Waals surface area contributed by atoms with Crippen molar-refractivity contribution < 1.29 is 0 Å². The molecule has 0 aliphatic heterocycles. The van der Waals surface area contributed by atoms with Crippen LogP contribution in [-0.2, 0) is 0 Å². The highest BCUT2D eigenvalue weighted by Crippen LogP contribution is 2.26. The van der Waals surface area contributed by atoms with E-state index < -0.39 is 0 Å². The number of hydrogen-bond donors (Lipinski definition) is 2. The number of pyridine rings is 1. The first-order valence-corrected chi connectivity index (χ1v) is 7.40. The SMILES string of the molecule is CCNC(CSc1ccccc1)c1cnccc1N. The maximum absolute atomic E-state index is 6.03. The first kappa shape index (κ1) is 13.9. The number of benzene rings is 1. The molecule has 1 heterocycles. The van der Waals surface area contributed by atoms with Gasteiger partial charge in [0.1, 0.15) is 0 Å². The summed E-state index contributed by atoms with van der Waals surface area (Å²) in [6.07, 6.45) is 3.58. The third kappa shape index (κ3) is 3.98. The summed E-state index contributed by atoms with van der Waals surface area (Å²) in [5.41, 5.74) is 7.91. The van der Waals surface area contributed by atoms with E-state index in [1.165, 1.54) is 4.90 Å². The summed E-state index contributed by atoms with van der Waals surface area (Å²) in [6, 6.07) is 12.5. The molecule has 2 rings (SSSR count). The lowest BCUT2D eigenvalue weighted by Gasteiger charge is -2.19. The van der Waals surface area contributed by atoms with Crippen molar-refractivity contribution in [3.05, 3.63) is 54.4 Å². The van der Waals surface area contributed by atoms with Gasteiger partial charge in [0.2, 0.25) is 0 Å². The number of nitrogens with two attached hydrogens (primary N) is 1. The van der Waals surface area contributed by atoms with Crippen LogP contribution in [0.5, 0.6) is 0 Å². The predicted octanol–water partition coefficient (Wildman–Crippen LogP) is 3.11. The highest BCUT2D eigenvalue weighted by molar-refractivity contribution is 7.99. The van der Waals surface area contributed by atoms with E-state index in [0.717, 1.165) is 23.5 Å². The van der Waals surface area contributed by atoms with Crippen LogP contribution in [-0.4, -0.2) is 17.3 Å². The highest BCUT2D eigenvalue weighted by Gasteiger charge is 2.13. The first-order chi connectivity index (χ1) is 9.31. The summed E-state index contributed by atoms with van der Waals surface area (Å²) in [4.78, 5) is 5.45. The highest BCUT2D eigenvalue weighted by atomic mass is 32.2. The molecule has 19 heavy (non-hydrogen) atoms. The molecule has 0 amide bonds. The lowest BCUT2D eigenvalue weighted by molar-refractivity contribution is 0.605. The van der Waals surface area contributed by atoms with Gasteiger partial charge >= 0.3 is 0 Å². The van der Waals surface area contributed by atoms with Gasteiger partial charge in [0.15, 0.2) is 0 Å². The average Bonchev–Trinajstić information content (AvgIpc) is 2.45. The van der Waals surface area contributed by atoms with Gasteiger partial charge in [-0.1, -0.05) is 25.1 Å². The van der Waals surface area contributed by atoms with Gasteiger partial charge in [0.25, 0.3) is 0 Å². The summed E-state index contributed by atoms with van der Waals surface area (Å²) in [7, 11) is 0. The van der Waals surface area contributed by atoms with Gasteiger partial charge < -0.3 is 11.1 Å². The summed E-state index contributed by atoms with van der Waals surface area (Å²) >= 11 is 1.83. The molecule has 3 N–H and O–H groups in total. The topological polar surface area (TPSA) is 50.9 Å². The van der Waals surface area contributed by atoms with Crippen LogP contribution in [0.15, 0.2) is 53.7 Å². The fourth-order valence-corrected chi connectivity index (χ4v) is 2.92. The molecule has 100 valence electrons. The molecule has 1 unspecified atom stereocenters. The Bertz CT molecular complexity index is 502. The van der Waals surface area contributed by atoms with Gasteiger partial charge in [0.05, 0.1) is 0 Å². The van der Waals surface area contributed by atoms with Crippen molar-refractivity contribution in [2.75, 3.05) is 18.0 Å². The molecule has 1 aromatic carbocycles. The van der Waals surface area contributed by atoms with E-state index in [1.54, 1.807) is 6.20 Å². The zero-order valence-corrected chi connectivity index (χ0v) is 11.9. The molecule has 2 aromatic rings. The van der Waals surface area contributed by atoms with E-state index in [9.17, 15) is 0 Å². The molecule has 0 radical (unpaired) electrons. The molecule has 1 aromatic heterocycles. The fourth-order valence-electron chi connectivity index (χ4n) is 1.91. The lowest BCUT2D eigenvalue weighted by Crippen LogP contribution is -2.24. The van der Waals surface area contributed by atoms with Crippen LogP contribution in [0.1, 0.15) is 18.5 Å². The molecule has 0 saturated heterocycles. The van der Waals surface area contributed by atoms with Crippen molar-refractivity contribution in [1.82, 2.24) is 10.3 Å². The maximum Gasteiger partial charge on any atom is 0.0451 e. The molecule has 0 spiro atoms. The number of anilines is 1. The molecule has 4 heteroatoms. The second-order valence-corrected chi connectivity index (χ2v) is 5.33. The molecular formula is C15H19N3S. The van der Waals surface area contributed by atoms with Crippen LogP contribution in [0.2, 0.25) is 0 Å². The Kier molecular flexibility index (Phi) is 5.24. The summed E-state index contributed by atoms with van der Waals surface area (Å²) in [6.45, 7) is 3.01. The molecule has 0 saturated carbocycles. The molecule has 0 aliphatic rings. The van der Waals surface area contributed by atoms with Crippen molar-refractivity contribution in [2.24, 2.45) is 0 Å².